The Bertz CT molecular complexity index is 1140. The number of halogens is 4. The average molecular weight is 416 g/mol. The number of nitrogens with zero attached hydrogens (tertiary/aromatic N) is 4. The molecule has 0 N–H and O–H groups in total. The maximum atomic E-state index is 13.0. The van der Waals surface area contributed by atoms with E-state index in [-0.39, 0.29) is 19.1 Å². The number of amides is 1. The molecule has 4 rings (SSSR count). The van der Waals surface area contributed by atoms with Gasteiger partial charge in [-0.25, -0.2) is 14.1 Å². The third-order valence-electron chi connectivity index (χ3n) is 4.89. The van der Waals surface area contributed by atoms with Gasteiger partial charge in [-0.2, -0.15) is 18.3 Å². The summed E-state index contributed by atoms with van der Waals surface area (Å²) in [6.45, 7) is 3.60. The second kappa shape index (κ2) is 7.40. The van der Waals surface area contributed by atoms with Crippen LogP contribution < -0.4 is 0 Å². The van der Waals surface area contributed by atoms with Crippen molar-refractivity contribution in [1.82, 2.24) is 19.7 Å². The topological polar surface area (TPSA) is 51.0 Å². The van der Waals surface area contributed by atoms with E-state index in [0.717, 1.165) is 17.5 Å². The summed E-state index contributed by atoms with van der Waals surface area (Å²) < 4.78 is 52.8. The van der Waals surface area contributed by atoms with Crippen LogP contribution in [0, 0.1) is 0 Å². The highest BCUT2D eigenvalue weighted by molar-refractivity contribution is 5.91. The van der Waals surface area contributed by atoms with Crippen molar-refractivity contribution in [1.29, 1.82) is 0 Å². The predicted molar refractivity (Wildman–Crippen MR) is 104 cm³/mol. The smallest absolute Gasteiger partial charge is 0.332 e. The second-order valence-electron chi connectivity index (χ2n) is 6.93. The van der Waals surface area contributed by atoms with Crippen LogP contribution >= 0.6 is 0 Å². The molecule has 3 aromatic rings. The lowest BCUT2D eigenvalue weighted by Crippen LogP contribution is -2.51. The van der Waals surface area contributed by atoms with Gasteiger partial charge in [-0.3, -0.25) is 4.79 Å². The van der Waals surface area contributed by atoms with Crippen LogP contribution in [0.1, 0.15) is 22.9 Å². The minimum absolute atomic E-state index is 0.154. The molecular formula is C21H16F4N4O. The van der Waals surface area contributed by atoms with Gasteiger partial charge >= 0.3 is 6.18 Å². The van der Waals surface area contributed by atoms with Crippen LogP contribution in [0.2, 0.25) is 0 Å². The molecule has 9 heteroatoms. The highest BCUT2D eigenvalue weighted by Crippen LogP contribution is 2.30. The van der Waals surface area contributed by atoms with Gasteiger partial charge in [0, 0.05) is 24.7 Å². The zero-order chi connectivity index (χ0) is 21.5. The number of fused-ring (bicyclic) bond motifs is 1. The summed E-state index contributed by atoms with van der Waals surface area (Å²) in [7, 11) is 0. The Balaban J connectivity index is 1.58. The Hall–Kier alpha value is -3.49. The van der Waals surface area contributed by atoms with Gasteiger partial charge in [-0.05, 0) is 35.9 Å². The molecule has 154 valence electrons. The number of likely N-dealkylation sites (tertiary alicyclic amines) is 1. The first-order valence-electron chi connectivity index (χ1n) is 9.06. The average Bonchev–Trinajstić information content (AvgIpc) is 3.03. The van der Waals surface area contributed by atoms with E-state index in [0.29, 0.717) is 16.9 Å². The van der Waals surface area contributed by atoms with Crippen LogP contribution in [0.3, 0.4) is 0 Å². The number of carbonyl (C=O) groups excluding carboxylic acids is 1. The van der Waals surface area contributed by atoms with Crippen molar-refractivity contribution in [2.45, 2.75) is 12.2 Å². The lowest BCUT2D eigenvalue weighted by molar-refractivity contribution is -0.137. The summed E-state index contributed by atoms with van der Waals surface area (Å²) >= 11 is 0. The molecule has 0 aliphatic carbocycles. The first-order valence-corrected chi connectivity index (χ1v) is 9.06. The molecule has 1 aliphatic rings. The molecule has 30 heavy (non-hydrogen) atoms. The zero-order valence-corrected chi connectivity index (χ0v) is 15.6. The fraction of sp³-hybridized carbons (Fsp3) is 0.190. The van der Waals surface area contributed by atoms with Gasteiger partial charge in [0.05, 0.1) is 17.3 Å². The first-order chi connectivity index (χ1) is 14.2. The Morgan fingerprint density at radius 2 is 1.83 bits per heavy atom. The monoisotopic (exact) mass is 416 g/mol. The van der Waals surface area contributed by atoms with Gasteiger partial charge in [-0.15, -0.1) is 0 Å². The summed E-state index contributed by atoms with van der Waals surface area (Å²) in [5.74, 6) is -1.74. The highest BCUT2D eigenvalue weighted by atomic mass is 19.4. The van der Waals surface area contributed by atoms with Gasteiger partial charge in [0.2, 0.25) is 0 Å². The number of carbonyl (C=O) groups is 1. The van der Waals surface area contributed by atoms with Crippen molar-refractivity contribution in [3.8, 4) is 0 Å². The number of pyridine rings is 1. The van der Waals surface area contributed by atoms with Crippen molar-refractivity contribution in [3.05, 3.63) is 71.8 Å². The molecule has 5 nitrogen and oxygen atoms in total. The molecule has 1 aliphatic heterocycles. The van der Waals surface area contributed by atoms with Crippen LogP contribution in [-0.2, 0) is 11.0 Å². The Morgan fingerprint density at radius 3 is 2.47 bits per heavy atom. The Kier molecular flexibility index (Phi) is 4.89. The summed E-state index contributed by atoms with van der Waals surface area (Å²) in [6, 6.07) is 8.26. The highest BCUT2D eigenvalue weighted by Gasteiger charge is 2.35. The van der Waals surface area contributed by atoms with Gasteiger partial charge < -0.3 is 4.90 Å². The predicted octanol–water partition coefficient (Wildman–Crippen LogP) is 4.49. The van der Waals surface area contributed by atoms with Gasteiger partial charge in [-0.1, -0.05) is 24.8 Å². The van der Waals surface area contributed by atoms with E-state index in [2.05, 4.69) is 16.7 Å². The SMILES string of the molecule is C=C(F)C(=O)N1CC(n2nc(C=Cc3ccc(C(F)(F)F)cc3)c3cccnc32)C1. The third-order valence-corrected chi connectivity index (χ3v) is 4.89. The number of alkyl halides is 3. The molecule has 1 fully saturated rings. The van der Waals surface area contributed by atoms with E-state index in [1.807, 2.05) is 6.07 Å². The first kappa shape index (κ1) is 19.8. The minimum atomic E-state index is -4.38. The number of rotatable bonds is 4. The lowest BCUT2D eigenvalue weighted by Gasteiger charge is -2.38. The quantitative estimate of drug-likeness (QED) is 0.465. The number of aromatic nitrogens is 3. The molecule has 0 saturated carbocycles. The summed E-state index contributed by atoms with van der Waals surface area (Å²) in [5, 5.41) is 5.32. The standard InChI is InChI=1S/C21H16F4N4O/c1-13(22)20(30)28-11-16(12-28)29-19-17(3-2-10-26-19)18(27-29)9-6-14-4-7-15(8-5-14)21(23,24)25/h2-10,16H,1,11-12H2. The minimum Gasteiger partial charge on any atom is -0.332 e. The molecule has 1 aromatic carbocycles. The van der Waals surface area contributed by atoms with Crippen molar-refractivity contribution in [2.24, 2.45) is 0 Å². The summed E-state index contributed by atoms with van der Waals surface area (Å²) in [6.07, 6.45) is 0.612. The molecule has 2 aromatic heterocycles. The van der Waals surface area contributed by atoms with Gasteiger partial charge in [0.1, 0.15) is 0 Å². The Labute approximate surface area is 168 Å². The molecule has 0 radical (unpaired) electrons. The second-order valence-corrected chi connectivity index (χ2v) is 6.93. The van der Waals surface area contributed by atoms with Crippen molar-refractivity contribution in [3.63, 3.8) is 0 Å². The van der Waals surface area contributed by atoms with Crippen LogP contribution in [0.15, 0.2) is 55.0 Å². The van der Waals surface area contributed by atoms with Gasteiger partial charge in [0.15, 0.2) is 11.5 Å². The third kappa shape index (κ3) is 3.70. The number of hydrogen-bond acceptors (Lipinski definition) is 3. The molecule has 0 bridgehead atoms. The molecule has 0 unspecified atom stereocenters. The molecule has 0 spiro atoms. The van der Waals surface area contributed by atoms with Crippen molar-refractivity contribution >= 4 is 29.1 Å². The van der Waals surface area contributed by atoms with E-state index < -0.39 is 23.5 Å². The molecule has 1 saturated heterocycles. The van der Waals surface area contributed by atoms with Crippen LogP contribution in [0.5, 0.6) is 0 Å². The van der Waals surface area contributed by atoms with Crippen LogP contribution in [-0.4, -0.2) is 38.7 Å². The fourth-order valence-corrected chi connectivity index (χ4v) is 3.28. The van der Waals surface area contributed by atoms with E-state index in [1.54, 1.807) is 29.1 Å². The van der Waals surface area contributed by atoms with Crippen molar-refractivity contribution in [2.75, 3.05) is 13.1 Å². The van der Waals surface area contributed by atoms with E-state index >= 15 is 0 Å². The van der Waals surface area contributed by atoms with Crippen LogP contribution in [0.4, 0.5) is 17.6 Å². The van der Waals surface area contributed by atoms with E-state index in [1.165, 1.54) is 17.0 Å². The lowest BCUT2D eigenvalue weighted by atomic mass is 10.1. The summed E-state index contributed by atoms with van der Waals surface area (Å²) in [4.78, 5) is 17.3. The van der Waals surface area contributed by atoms with E-state index in [4.69, 9.17) is 0 Å². The van der Waals surface area contributed by atoms with Crippen molar-refractivity contribution < 1.29 is 22.4 Å². The maximum Gasteiger partial charge on any atom is 0.416 e. The normalized spacial score (nSPS) is 15.0. The molecule has 0 atom stereocenters. The zero-order valence-electron chi connectivity index (χ0n) is 15.6. The van der Waals surface area contributed by atoms with E-state index in [9.17, 15) is 22.4 Å². The van der Waals surface area contributed by atoms with Crippen LogP contribution in [0.25, 0.3) is 23.2 Å². The number of benzene rings is 1. The molecular weight excluding hydrogens is 400 g/mol. The fourth-order valence-electron chi connectivity index (χ4n) is 3.28. The maximum absolute atomic E-state index is 13.0. The Morgan fingerprint density at radius 1 is 1.13 bits per heavy atom. The number of hydrogen-bond donors (Lipinski definition) is 0. The summed E-state index contributed by atoms with van der Waals surface area (Å²) in [5.41, 5.74) is 1.09. The van der Waals surface area contributed by atoms with Gasteiger partial charge in [0.25, 0.3) is 5.91 Å². The molecule has 1 amide bonds. The largest absolute Gasteiger partial charge is 0.416 e. The molecule has 3 heterocycles.